The molecule has 0 unspecified atom stereocenters. The third kappa shape index (κ3) is 5.21. The Morgan fingerprint density at radius 2 is 1.88 bits per heavy atom. The van der Waals surface area contributed by atoms with Gasteiger partial charge in [0, 0.05) is 41.7 Å². The number of hydrogen-bond donors (Lipinski definition) is 2. The van der Waals surface area contributed by atoms with Crippen LogP contribution in [-0.2, 0) is 16.8 Å². The van der Waals surface area contributed by atoms with E-state index in [1.54, 1.807) is 19.2 Å². The number of carboxylic acid groups (broad SMARTS) is 1. The monoisotopic (exact) mass is 604 g/mol. The number of carboxylic acids is 1. The third-order valence-electron chi connectivity index (χ3n) is 8.25. The molecular formula is C31H32N4O7S. The molecule has 4 aromatic rings. The van der Waals surface area contributed by atoms with Gasteiger partial charge in [-0.3, -0.25) is 4.79 Å². The summed E-state index contributed by atoms with van der Waals surface area (Å²) in [4.78, 5) is 29.0. The maximum Gasteiger partial charge on any atom is 0.357 e. The predicted molar refractivity (Wildman–Crippen MR) is 161 cm³/mol. The number of carbonyl (C=O) groups excluding carboxylic acids is 1. The van der Waals surface area contributed by atoms with Gasteiger partial charge in [-0.1, -0.05) is 25.3 Å². The third-order valence-corrected chi connectivity index (χ3v) is 9.66. The first-order chi connectivity index (χ1) is 20.6. The molecule has 0 atom stereocenters. The van der Waals surface area contributed by atoms with Gasteiger partial charge in [-0.2, -0.15) is 12.7 Å². The molecule has 2 aliphatic rings. The summed E-state index contributed by atoms with van der Waals surface area (Å²) >= 11 is 0. The normalized spacial score (nSPS) is 15.5. The summed E-state index contributed by atoms with van der Waals surface area (Å²) in [5, 5.41) is 10.5. The summed E-state index contributed by atoms with van der Waals surface area (Å²) in [6.45, 7) is 0.274. The van der Waals surface area contributed by atoms with Gasteiger partial charge in [-0.25, -0.2) is 14.5 Å². The minimum atomic E-state index is -3.99. The summed E-state index contributed by atoms with van der Waals surface area (Å²) < 4.78 is 41.2. The van der Waals surface area contributed by atoms with Crippen LogP contribution >= 0.6 is 0 Å². The average Bonchev–Trinajstić information content (AvgIpc) is 3.56. The van der Waals surface area contributed by atoms with Crippen LogP contribution in [-0.4, -0.2) is 60.5 Å². The van der Waals surface area contributed by atoms with Crippen LogP contribution in [0.25, 0.3) is 33.8 Å². The number of aromatic nitrogens is 2. The van der Waals surface area contributed by atoms with Gasteiger partial charge in [0.25, 0.3) is 5.91 Å². The molecule has 6 rings (SSSR count). The van der Waals surface area contributed by atoms with E-state index in [1.165, 1.54) is 26.1 Å². The van der Waals surface area contributed by atoms with Gasteiger partial charge in [-0.05, 0) is 66.3 Å². The Bertz CT molecular complexity index is 1900. The standard InChI is InChI=1S/C31H32N4O7S/c1-34(2)43(39,40)33-29(36)19-9-11-24-26(15-19)35-16-21(30-32-25(17-42-30)31(37)38)13-20-14-22(41-3)10-12-23(20)28(35)27(24)18-7-5-4-6-8-18/h9-15,17-18H,4-8,16H2,1-3H3,(H,33,36)(H,37,38). The molecule has 1 aliphatic heterocycles. The number of amides is 1. The quantitative estimate of drug-likeness (QED) is 0.295. The molecule has 12 heteroatoms. The molecule has 0 saturated heterocycles. The van der Waals surface area contributed by atoms with E-state index in [2.05, 4.69) is 14.3 Å². The zero-order valence-electron chi connectivity index (χ0n) is 24.1. The van der Waals surface area contributed by atoms with Crippen molar-refractivity contribution in [3.05, 3.63) is 70.9 Å². The highest BCUT2D eigenvalue weighted by Crippen LogP contribution is 2.47. The Morgan fingerprint density at radius 3 is 2.56 bits per heavy atom. The first-order valence-corrected chi connectivity index (χ1v) is 15.5. The lowest BCUT2D eigenvalue weighted by Crippen LogP contribution is -2.39. The highest BCUT2D eigenvalue weighted by molar-refractivity contribution is 7.87. The van der Waals surface area contributed by atoms with Crippen LogP contribution in [0, 0.1) is 0 Å². The molecular weight excluding hydrogens is 572 g/mol. The van der Waals surface area contributed by atoms with Gasteiger partial charge in [0.1, 0.15) is 12.0 Å². The summed E-state index contributed by atoms with van der Waals surface area (Å²) in [5.41, 5.74) is 5.38. The number of aromatic carboxylic acids is 1. The van der Waals surface area contributed by atoms with E-state index in [1.807, 2.05) is 30.3 Å². The molecule has 2 aromatic carbocycles. The van der Waals surface area contributed by atoms with Gasteiger partial charge < -0.3 is 18.8 Å². The number of ether oxygens (including phenoxy) is 1. The van der Waals surface area contributed by atoms with E-state index in [0.29, 0.717) is 11.3 Å². The molecule has 3 heterocycles. The van der Waals surface area contributed by atoms with Crippen LogP contribution in [0.3, 0.4) is 0 Å². The van der Waals surface area contributed by atoms with Crippen molar-refractivity contribution in [3.63, 3.8) is 0 Å². The van der Waals surface area contributed by atoms with Crippen LogP contribution < -0.4 is 9.46 Å². The SMILES string of the molecule is COc1ccc2c(c1)C=C(c1nc(C(=O)O)co1)Cn1c-2c(C2CCCCC2)c2ccc(C(=O)NS(=O)(=O)N(C)C)cc21. The first-order valence-electron chi connectivity index (χ1n) is 14.1. The molecule has 0 bridgehead atoms. The fourth-order valence-corrected chi connectivity index (χ4v) is 6.63. The molecule has 2 N–H and O–H groups in total. The fraction of sp³-hybridized carbons (Fsp3) is 0.323. The van der Waals surface area contributed by atoms with Crippen LogP contribution in [0.4, 0.5) is 0 Å². The number of fused-ring (bicyclic) bond motifs is 5. The van der Waals surface area contributed by atoms with Gasteiger partial charge in [0.2, 0.25) is 5.89 Å². The first kappa shape index (κ1) is 28.7. The van der Waals surface area contributed by atoms with Gasteiger partial charge in [0.05, 0.1) is 19.3 Å². The zero-order chi connectivity index (χ0) is 30.5. The number of nitrogens with one attached hydrogen (secondary N) is 1. The van der Waals surface area contributed by atoms with Crippen LogP contribution in [0.15, 0.2) is 47.1 Å². The van der Waals surface area contributed by atoms with Crippen LogP contribution in [0.1, 0.15) is 75.9 Å². The number of nitrogens with zero attached hydrogens (tertiary/aromatic N) is 3. The number of carbonyl (C=O) groups is 2. The van der Waals surface area contributed by atoms with E-state index in [4.69, 9.17) is 9.15 Å². The van der Waals surface area contributed by atoms with E-state index in [0.717, 1.165) is 64.0 Å². The van der Waals surface area contributed by atoms with E-state index in [9.17, 15) is 23.1 Å². The average molecular weight is 605 g/mol. The second-order valence-corrected chi connectivity index (χ2v) is 13.0. The maximum atomic E-state index is 13.1. The zero-order valence-corrected chi connectivity index (χ0v) is 24.9. The molecule has 1 aliphatic carbocycles. The summed E-state index contributed by atoms with van der Waals surface area (Å²) in [6, 6.07) is 11.1. The maximum absolute atomic E-state index is 13.1. The summed E-state index contributed by atoms with van der Waals surface area (Å²) in [5.74, 6) is -0.804. The van der Waals surface area contributed by atoms with Crippen molar-refractivity contribution in [3.8, 4) is 17.0 Å². The molecule has 43 heavy (non-hydrogen) atoms. The van der Waals surface area contributed by atoms with Crippen molar-refractivity contribution < 1.29 is 32.3 Å². The van der Waals surface area contributed by atoms with Crippen molar-refractivity contribution in [2.75, 3.05) is 21.2 Å². The molecule has 0 radical (unpaired) electrons. The predicted octanol–water partition coefficient (Wildman–Crippen LogP) is 5.14. The van der Waals surface area contributed by atoms with Crippen molar-refractivity contribution in [1.82, 2.24) is 18.6 Å². The minimum Gasteiger partial charge on any atom is -0.497 e. The van der Waals surface area contributed by atoms with Gasteiger partial charge in [0.15, 0.2) is 5.69 Å². The lowest BCUT2D eigenvalue weighted by Gasteiger charge is -2.24. The van der Waals surface area contributed by atoms with Crippen molar-refractivity contribution >= 4 is 44.6 Å². The topological polar surface area (TPSA) is 144 Å². The Morgan fingerprint density at radius 1 is 1.12 bits per heavy atom. The van der Waals surface area contributed by atoms with Gasteiger partial charge in [-0.15, -0.1) is 0 Å². The van der Waals surface area contributed by atoms with Crippen LogP contribution in [0.5, 0.6) is 5.75 Å². The number of hydrogen-bond acceptors (Lipinski definition) is 7. The molecule has 1 amide bonds. The molecule has 1 saturated carbocycles. The summed E-state index contributed by atoms with van der Waals surface area (Å²) in [7, 11) is 0.305. The van der Waals surface area contributed by atoms with Crippen molar-refractivity contribution in [2.45, 2.75) is 44.6 Å². The van der Waals surface area contributed by atoms with Gasteiger partial charge >= 0.3 is 16.2 Å². The largest absolute Gasteiger partial charge is 0.497 e. The molecule has 224 valence electrons. The smallest absolute Gasteiger partial charge is 0.357 e. The number of oxazole rings is 1. The number of rotatable bonds is 7. The van der Waals surface area contributed by atoms with E-state index >= 15 is 0 Å². The Labute approximate surface area is 249 Å². The van der Waals surface area contributed by atoms with Crippen molar-refractivity contribution in [1.29, 1.82) is 0 Å². The highest BCUT2D eigenvalue weighted by Gasteiger charge is 2.31. The lowest BCUT2D eigenvalue weighted by atomic mass is 9.81. The Hall–Kier alpha value is -4.42. The Kier molecular flexibility index (Phi) is 7.35. The molecule has 2 aromatic heterocycles. The van der Waals surface area contributed by atoms with Crippen LogP contribution in [0.2, 0.25) is 0 Å². The number of allylic oxidation sites excluding steroid dienone is 1. The highest BCUT2D eigenvalue weighted by atomic mass is 32.2. The Balaban J connectivity index is 1.60. The molecule has 0 spiro atoms. The molecule has 1 fully saturated rings. The van der Waals surface area contributed by atoms with Crippen molar-refractivity contribution in [2.24, 2.45) is 0 Å². The lowest BCUT2D eigenvalue weighted by molar-refractivity contribution is 0.0690. The van der Waals surface area contributed by atoms with E-state index in [-0.39, 0.29) is 29.6 Å². The molecule has 11 nitrogen and oxygen atoms in total. The van der Waals surface area contributed by atoms with E-state index < -0.39 is 22.1 Å². The number of methoxy groups -OCH3 is 1. The second-order valence-electron chi connectivity index (χ2n) is 11.1. The number of benzene rings is 2. The summed E-state index contributed by atoms with van der Waals surface area (Å²) in [6.07, 6.45) is 8.53. The fourth-order valence-electron chi connectivity index (χ4n) is 6.10. The second kappa shape index (κ2) is 11.0. The minimum absolute atomic E-state index is 0.172.